The first-order valence-electron chi connectivity index (χ1n) is 12.9. The van der Waals surface area contributed by atoms with Crippen molar-refractivity contribution < 1.29 is 0 Å². The monoisotopic (exact) mass is 482 g/mol. The summed E-state index contributed by atoms with van der Waals surface area (Å²) in [5, 5.41) is 0.725. The maximum atomic E-state index is 6.66. The van der Waals surface area contributed by atoms with Gasteiger partial charge in [-0.1, -0.05) is 111 Å². The molecule has 0 aliphatic carbocycles. The van der Waals surface area contributed by atoms with Crippen molar-refractivity contribution in [2.24, 2.45) is 0 Å². The maximum Gasteiger partial charge on any atom is 0.160 e. The Morgan fingerprint density at radius 3 is 1.89 bits per heavy atom. The number of nitrogens with zero attached hydrogens (tertiary/aromatic N) is 2. The first-order chi connectivity index (χ1) is 17.2. The molecular weight excluding hydrogens is 448 g/mol. The highest BCUT2D eigenvalue weighted by Gasteiger charge is 2.26. The fourth-order valence-electron chi connectivity index (χ4n) is 4.96. The molecule has 0 aliphatic rings. The number of halogens is 1. The zero-order chi connectivity index (χ0) is 24.5. The molecule has 1 heterocycles. The molecule has 0 N–H and O–H groups in total. The van der Waals surface area contributed by atoms with E-state index in [1.807, 2.05) is 12.4 Å². The van der Waals surface area contributed by atoms with Gasteiger partial charge in [-0.3, -0.25) is 0 Å². The minimum absolute atomic E-state index is 0.248. The summed E-state index contributed by atoms with van der Waals surface area (Å²) in [6.07, 6.45) is 10.9. The molecular formula is C32H35ClN2. The molecule has 1 unspecified atom stereocenters. The van der Waals surface area contributed by atoms with Crippen LogP contribution in [-0.4, -0.2) is 9.97 Å². The van der Waals surface area contributed by atoms with Gasteiger partial charge < -0.3 is 0 Å². The lowest BCUT2D eigenvalue weighted by molar-refractivity contribution is 0.547. The van der Waals surface area contributed by atoms with Gasteiger partial charge in [-0.2, -0.15) is 0 Å². The quantitative estimate of drug-likeness (QED) is 0.199. The average Bonchev–Trinajstić information content (AvgIpc) is 2.90. The van der Waals surface area contributed by atoms with Crippen molar-refractivity contribution in [3.8, 4) is 11.4 Å². The van der Waals surface area contributed by atoms with E-state index >= 15 is 0 Å². The lowest BCUT2D eigenvalue weighted by atomic mass is 9.76. The van der Waals surface area contributed by atoms with E-state index in [2.05, 4.69) is 92.7 Å². The van der Waals surface area contributed by atoms with Crippen molar-refractivity contribution in [3.63, 3.8) is 0 Å². The Balaban J connectivity index is 1.64. The van der Waals surface area contributed by atoms with E-state index in [0.717, 1.165) is 29.8 Å². The van der Waals surface area contributed by atoms with Crippen LogP contribution in [0.3, 0.4) is 0 Å². The van der Waals surface area contributed by atoms with Gasteiger partial charge in [0.25, 0.3) is 0 Å². The number of aromatic nitrogens is 2. The Morgan fingerprint density at radius 2 is 1.34 bits per heavy atom. The summed E-state index contributed by atoms with van der Waals surface area (Å²) >= 11 is 6.66. The minimum atomic E-state index is 0.248. The summed E-state index contributed by atoms with van der Waals surface area (Å²) in [6, 6.07) is 27.9. The Labute approximate surface area is 215 Å². The lowest BCUT2D eigenvalue weighted by Gasteiger charge is -2.28. The second kappa shape index (κ2) is 12.7. The fourth-order valence-corrected chi connectivity index (χ4v) is 5.25. The van der Waals surface area contributed by atoms with E-state index in [1.54, 1.807) is 0 Å². The SMILES string of the molecule is CCCCCc1ccc(-c2ncc(C(CCC)C(c3ccccc3)c3ccccc3)cn2)c(Cl)c1. The van der Waals surface area contributed by atoms with Crippen LogP contribution in [0, 0.1) is 0 Å². The second-order valence-corrected chi connectivity index (χ2v) is 9.71. The van der Waals surface area contributed by atoms with E-state index in [0.29, 0.717) is 5.82 Å². The van der Waals surface area contributed by atoms with Gasteiger partial charge >= 0.3 is 0 Å². The van der Waals surface area contributed by atoms with E-state index in [-0.39, 0.29) is 11.8 Å². The highest BCUT2D eigenvalue weighted by molar-refractivity contribution is 6.33. The van der Waals surface area contributed by atoms with Gasteiger partial charge in [0.1, 0.15) is 0 Å². The molecule has 35 heavy (non-hydrogen) atoms. The third-order valence-corrected chi connectivity index (χ3v) is 7.08. The fraction of sp³-hybridized carbons (Fsp3) is 0.312. The van der Waals surface area contributed by atoms with Gasteiger partial charge in [0.15, 0.2) is 5.82 Å². The number of benzene rings is 3. The van der Waals surface area contributed by atoms with Crippen LogP contribution in [0.2, 0.25) is 5.02 Å². The molecule has 3 aromatic carbocycles. The Morgan fingerprint density at radius 1 is 0.714 bits per heavy atom. The molecule has 180 valence electrons. The van der Waals surface area contributed by atoms with E-state index in [1.165, 1.54) is 41.5 Å². The molecule has 1 aromatic heterocycles. The Hall–Kier alpha value is -2.97. The first-order valence-corrected chi connectivity index (χ1v) is 13.3. The molecule has 0 spiro atoms. The van der Waals surface area contributed by atoms with E-state index in [9.17, 15) is 0 Å². The summed E-state index contributed by atoms with van der Waals surface area (Å²) in [7, 11) is 0. The molecule has 0 aliphatic heterocycles. The van der Waals surface area contributed by atoms with Gasteiger partial charge in [-0.15, -0.1) is 0 Å². The van der Waals surface area contributed by atoms with Crippen molar-refractivity contribution in [1.82, 2.24) is 9.97 Å². The number of hydrogen-bond acceptors (Lipinski definition) is 2. The van der Waals surface area contributed by atoms with Crippen LogP contribution in [-0.2, 0) is 6.42 Å². The van der Waals surface area contributed by atoms with E-state index in [4.69, 9.17) is 21.6 Å². The normalized spacial score (nSPS) is 12.1. The third kappa shape index (κ3) is 6.38. The Bertz CT molecular complexity index is 1130. The number of unbranched alkanes of at least 4 members (excludes halogenated alkanes) is 2. The maximum absolute atomic E-state index is 6.66. The largest absolute Gasteiger partial charge is 0.236 e. The smallest absolute Gasteiger partial charge is 0.160 e. The molecule has 0 radical (unpaired) electrons. The summed E-state index contributed by atoms with van der Waals surface area (Å²) in [6.45, 7) is 4.47. The number of aryl methyl sites for hydroxylation is 1. The highest BCUT2D eigenvalue weighted by Crippen LogP contribution is 2.41. The predicted octanol–water partition coefficient (Wildman–Crippen LogP) is 9.25. The predicted molar refractivity (Wildman–Crippen MR) is 148 cm³/mol. The van der Waals surface area contributed by atoms with Crippen molar-refractivity contribution in [2.45, 2.75) is 64.2 Å². The zero-order valence-corrected chi connectivity index (χ0v) is 21.6. The third-order valence-electron chi connectivity index (χ3n) is 6.76. The van der Waals surface area contributed by atoms with Crippen LogP contribution in [0.25, 0.3) is 11.4 Å². The van der Waals surface area contributed by atoms with Gasteiger partial charge in [0.2, 0.25) is 0 Å². The summed E-state index contributed by atoms with van der Waals surface area (Å²) in [5.74, 6) is 1.22. The zero-order valence-electron chi connectivity index (χ0n) is 20.8. The van der Waals surface area contributed by atoms with Crippen molar-refractivity contribution >= 4 is 11.6 Å². The first kappa shape index (κ1) is 25.1. The van der Waals surface area contributed by atoms with Gasteiger partial charge in [0.05, 0.1) is 5.02 Å². The molecule has 2 nitrogen and oxygen atoms in total. The minimum Gasteiger partial charge on any atom is -0.236 e. The molecule has 0 amide bonds. The average molecular weight is 483 g/mol. The Kier molecular flexibility index (Phi) is 9.08. The lowest BCUT2D eigenvalue weighted by Crippen LogP contribution is -2.14. The van der Waals surface area contributed by atoms with Crippen LogP contribution in [0.15, 0.2) is 91.3 Å². The standard InChI is InChI=1S/C32H35ClN2/c1-3-5-8-14-24-19-20-29(30(33)21-24)32-34-22-27(23-35-32)28(13-4-2)31(25-15-9-6-10-16-25)26-17-11-7-12-18-26/h6-7,9-12,15-23,28,31H,3-5,8,13-14H2,1-2H3. The van der Waals surface area contributed by atoms with Crippen LogP contribution in [0.5, 0.6) is 0 Å². The van der Waals surface area contributed by atoms with Crippen molar-refractivity contribution in [3.05, 3.63) is 119 Å². The van der Waals surface area contributed by atoms with E-state index < -0.39 is 0 Å². The number of hydrogen-bond donors (Lipinski definition) is 0. The molecule has 0 saturated carbocycles. The van der Waals surface area contributed by atoms with Crippen LogP contribution < -0.4 is 0 Å². The molecule has 4 rings (SSSR count). The molecule has 4 aromatic rings. The van der Waals surface area contributed by atoms with Crippen molar-refractivity contribution in [2.75, 3.05) is 0 Å². The van der Waals surface area contributed by atoms with Crippen LogP contribution >= 0.6 is 11.6 Å². The molecule has 3 heteroatoms. The van der Waals surface area contributed by atoms with Gasteiger partial charge in [0, 0.05) is 23.9 Å². The molecule has 0 saturated heterocycles. The van der Waals surface area contributed by atoms with Gasteiger partial charge in [-0.25, -0.2) is 9.97 Å². The summed E-state index contributed by atoms with van der Waals surface area (Å²) < 4.78 is 0. The van der Waals surface area contributed by atoms with Crippen LogP contribution in [0.1, 0.15) is 80.0 Å². The van der Waals surface area contributed by atoms with Crippen LogP contribution in [0.4, 0.5) is 0 Å². The summed E-state index contributed by atoms with van der Waals surface area (Å²) in [5.41, 5.74) is 5.99. The topological polar surface area (TPSA) is 25.8 Å². The summed E-state index contributed by atoms with van der Waals surface area (Å²) in [4.78, 5) is 9.58. The molecule has 0 bridgehead atoms. The molecule has 1 atom stereocenters. The van der Waals surface area contributed by atoms with Gasteiger partial charge in [-0.05, 0) is 59.6 Å². The second-order valence-electron chi connectivity index (χ2n) is 9.31. The molecule has 0 fully saturated rings. The van der Waals surface area contributed by atoms with Crippen molar-refractivity contribution in [1.29, 1.82) is 0 Å². The number of rotatable bonds is 11. The highest BCUT2D eigenvalue weighted by atomic mass is 35.5.